The fourth-order valence-electron chi connectivity index (χ4n) is 7.69. The van der Waals surface area contributed by atoms with E-state index in [4.69, 9.17) is 28.8 Å². The highest BCUT2D eigenvalue weighted by Gasteiger charge is 2.20. The van der Waals surface area contributed by atoms with Gasteiger partial charge in [0.25, 0.3) is 0 Å². The van der Waals surface area contributed by atoms with Crippen LogP contribution in [0.3, 0.4) is 0 Å². The fourth-order valence-corrected chi connectivity index (χ4v) is 7.69. The van der Waals surface area contributed by atoms with Gasteiger partial charge in [-0.2, -0.15) is 0 Å². The number of aromatic nitrogens is 4. The highest BCUT2D eigenvalue weighted by molar-refractivity contribution is 6.15. The van der Waals surface area contributed by atoms with Crippen LogP contribution in [0, 0.1) is 0 Å². The Hall–Kier alpha value is -7.70. The molecule has 6 nitrogen and oxygen atoms in total. The van der Waals surface area contributed by atoms with Gasteiger partial charge >= 0.3 is 0 Å². The van der Waals surface area contributed by atoms with Gasteiger partial charge in [-0.15, -0.1) is 0 Å². The summed E-state index contributed by atoms with van der Waals surface area (Å²) in [4.78, 5) is 20.1. The number of furan rings is 1. The maximum absolute atomic E-state index is 6.63. The second-order valence-electron chi connectivity index (χ2n) is 13.8. The molecular formula is C50H30N4O2. The second-order valence-corrected chi connectivity index (χ2v) is 13.8. The summed E-state index contributed by atoms with van der Waals surface area (Å²) in [7, 11) is 0. The second kappa shape index (κ2) is 13.0. The van der Waals surface area contributed by atoms with E-state index in [1.807, 2.05) is 97.1 Å². The molecule has 0 amide bonds. The van der Waals surface area contributed by atoms with Crippen LogP contribution < -0.4 is 0 Å². The Bertz CT molecular complexity index is 3240. The molecule has 0 aliphatic rings. The van der Waals surface area contributed by atoms with E-state index < -0.39 is 0 Å². The van der Waals surface area contributed by atoms with Crippen molar-refractivity contribution in [1.29, 1.82) is 0 Å². The molecular weight excluding hydrogens is 689 g/mol. The number of hydrogen-bond acceptors (Lipinski definition) is 6. The van der Waals surface area contributed by atoms with E-state index in [0.29, 0.717) is 23.4 Å². The molecule has 0 aliphatic carbocycles. The first-order valence-electron chi connectivity index (χ1n) is 18.5. The Labute approximate surface area is 321 Å². The molecule has 0 saturated heterocycles. The lowest BCUT2D eigenvalue weighted by Crippen LogP contribution is -2.00. The summed E-state index contributed by atoms with van der Waals surface area (Å²) in [6.45, 7) is 0. The Balaban J connectivity index is 1.07. The summed E-state index contributed by atoms with van der Waals surface area (Å²) in [5.74, 6) is 2.38. The molecule has 0 saturated carbocycles. The van der Waals surface area contributed by atoms with Gasteiger partial charge in [-0.25, -0.2) is 19.9 Å². The van der Waals surface area contributed by atoms with Crippen molar-refractivity contribution >= 4 is 43.8 Å². The molecule has 0 unspecified atom stereocenters. The summed E-state index contributed by atoms with van der Waals surface area (Å²) < 4.78 is 13.1. The van der Waals surface area contributed by atoms with Crippen LogP contribution in [0.2, 0.25) is 0 Å². The maximum Gasteiger partial charge on any atom is 0.227 e. The van der Waals surface area contributed by atoms with Crippen LogP contribution in [0.15, 0.2) is 191 Å². The van der Waals surface area contributed by atoms with Crippen molar-refractivity contribution in [2.75, 3.05) is 0 Å². The van der Waals surface area contributed by atoms with E-state index in [2.05, 4.69) is 84.9 Å². The highest BCUT2D eigenvalue weighted by Crippen LogP contribution is 2.41. The Kier molecular flexibility index (Phi) is 7.38. The lowest BCUT2D eigenvalue weighted by atomic mass is 9.96. The number of rotatable bonds is 6. The smallest absolute Gasteiger partial charge is 0.227 e. The lowest BCUT2D eigenvalue weighted by molar-refractivity contribution is 0.623. The molecule has 0 atom stereocenters. The van der Waals surface area contributed by atoms with Crippen molar-refractivity contribution in [3.05, 3.63) is 182 Å². The number of oxazole rings is 1. The predicted molar refractivity (Wildman–Crippen MR) is 225 cm³/mol. The van der Waals surface area contributed by atoms with E-state index >= 15 is 0 Å². The quantitative estimate of drug-likeness (QED) is 0.170. The Morgan fingerprint density at radius 1 is 0.339 bits per heavy atom. The molecule has 0 aliphatic heterocycles. The molecule has 0 N–H and O–H groups in total. The van der Waals surface area contributed by atoms with Gasteiger partial charge in [0.05, 0.1) is 0 Å². The molecule has 0 spiro atoms. The third kappa shape index (κ3) is 5.43. The standard InChI is InChI=1S/C50H30N4O2/c1-4-13-31(14-5-1)35-20-10-21-37(29-35)48-52-47(33-15-6-2-7-16-33)53-49(54-48)40-23-12-24-42-45(40)39-27-25-36(30-43(39)55-42)38-22-11-19-32-26-28-41-46(44(32)38)56-50(51-41)34-17-8-3-9-18-34/h1-30H. The van der Waals surface area contributed by atoms with Crippen molar-refractivity contribution in [3.63, 3.8) is 0 Å². The van der Waals surface area contributed by atoms with Crippen LogP contribution in [0.25, 0.3) is 112 Å². The summed E-state index contributed by atoms with van der Waals surface area (Å²) in [5, 5.41) is 4.02. The van der Waals surface area contributed by atoms with Crippen molar-refractivity contribution in [1.82, 2.24) is 19.9 Å². The van der Waals surface area contributed by atoms with Gasteiger partial charge in [-0.3, -0.25) is 0 Å². The molecule has 0 bridgehead atoms. The fraction of sp³-hybridized carbons (Fsp3) is 0. The van der Waals surface area contributed by atoms with Gasteiger partial charge < -0.3 is 8.83 Å². The summed E-state index contributed by atoms with van der Waals surface area (Å²) >= 11 is 0. The van der Waals surface area contributed by atoms with Gasteiger partial charge in [0, 0.05) is 38.4 Å². The van der Waals surface area contributed by atoms with Gasteiger partial charge in [0.1, 0.15) is 16.7 Å². The van der Waals surface area contributed by atoms with Crippen molar-refractivity contribution in [3.8, 4) is 67.9 Å². The average Bonchev–Trinajstić information content (AvgIpc) is 3.89. The lowest BCUT2D eigenvalue weighted by Gasteiger charge is -2.10. The third-order valence-electron chi connectivity index (χ3n) is 10.4. The SMILES string of the molecule is c1ccc(-c2cccc(-c3nc(-c4ccccc4)nc(-c4cccc5oc6cc(-c7cccc8ccc9nc(-c%10ccccc%10)oc9c78)ccc6c45)n3)c2)cc1. The van der Waals surface area contributed by atoms with Crippen LogP contribution in [0.1, 0.15) is 0 Å². The number of nitrogens with zero attached hydrogens (tertiary/aromatic N) is 4. The molecule has 3 heterocycles. The topological polar surface area (TPSA) is 77.8 Å². The molecule has 3 aromatic heterocycles. The zero-order valence-corrected chi connectivity index (χ0v) is 29.9. The summed E-state index contributed by atoms with van der Waals surface area (Å²) in [5.41, 5.74) is 11.0. The largest absolute Gasteiger partial charge is 0.456 e. The third-order valence-corrected chi connectivity index (χ3v) is 10.4. The van der Waals surface area contributed by atoms with E-state index in [9.17, 15) is 0 Å². The molecule has 8 aromatic carbocycles. The van der Waals surface area contributed by atoms with Crippen LogP contribution >= 0.6 is 0 Å². The average molecular weight is 719 g/mol. The zero-order valence-electron chi connectivity index (χ0n) is 29.9. The first-order valence-corrected chi connectivity index (χ1v) is 18.5. The Morgan fingerprint density at radius 3 is 1.79 bits per heavy atom. The molecule has 262 valence electrons. The number of hydrogen-bond donors (Lipinski definition) is 0. The first kappa shape index (κ1) is 31.8. The van der Waals surface area contributed by atoms with Gasteiger partial charge in [-0.1, -0.05) is 140 Å². The zero-order chi connectivity index (χ0) is 37.0. The van der Waals surface area contributed by atoms with Gasteiger partial charge in [-0.05, 0) is 70.1 Å². The minimum absolute atomic E-state index is 0.576. The molecule has 11 rings (SSSR count). The normalized spacial score (nSPS) is 11.6. The summed E-state index contributed by atoms with van der Waals surface area (Å²) in [6, 6.07) is 61.7. The van der Waals surface area contributed by atoms with Crippen molar-refractivity contribution in [2.24, 2.45) is 0 Å². The van der Waals surface area contributed by atoms with Crippen molar-refractivity contribution < 1.29 is 8.83 Å². The Morgan fingerprint density at radius 2 is 0.982 bits per heavy atom. The molecule has 6 heteroatoms. The van der Waals surface area contributed by atoms with Gasteiger partial charge in [0.2, 0.25) is 5.89 Å². The van der Waals surface area contributed by atoms with Gasteiger partial charge in [0.15, 0.2) is 23.1 Å². The van der Waals surface area contributed by atoms with E-state index in [-0.39, 0.29) is 0 Å². The first-order chi connectivity index (χ1) is 27.7. The number of benzene rings is 8. The van der Waals surface area contributed by atoms with E-state index in [1.54, 1.807) is 0 Å². The van der Waals surface area contributed by atoms with Crippen LogP contribution in [0.4, 0.5) is 0 Å². The van der Waals surface area contributed by atoms with Crippen LogP contribution in [0.5, 0.6) is 0 Å². The summed E-state index contributed by atoms with van der Waals surface area (Å²) in [6.07, 6.45) is 0. The molecule has 11 aromatic rings. The van der Waals surface area contributed by atoms with E-state index in [0.717, 1.165) is 88.3 Å². The van der Waals surface area contributed by atoms with Crippen molar-refractivity contribution in [2.45, 2.75) is 0 Å². The number of fused-ring (bicyclic) bond motifs is 6. The van der Waals surface area contributed by atoms with Crippen LogP contribution in [-0.4, -0.2) is 19.9 Å². The maximum atomic E-state index is 6.63. The van der Waals surface area contributed by atoms with E-state index in [1.165, 1.54) is 0 Å². The monoisotopic (exact) mass is 718 g/mol. The predicted octanol–water partition coefficient (Wildman–Crippen LogP) is 13.1. The molecule has 56 heavy (non-hydrogen) atoms. The minimum atomic E-state index is 0.576. The van der Waals surface area contributed by atoms with Crippen LogP contribution in [-0.2, 0) is 0 Å². The molecule has 0 fully saturated rings. The molecule has 0 radical (unpaired) electrons. The minimum Gasteiger partial charge on any atom is -0.456 e. The highest BCUT2D eigenvalue weighted by atomic mass is 16.3.